The minimum absolute atomic E-state index is 0.0905. The van der Waals surface area contributed by atoms with E-state index in [1.807, 2.05) is 0 Å². The van der Waals surface area contributed by atoms with Gasteiger partial charge in [-0.25, -0.2) is 0 Å². The summed E-state index contributed by atoms with van der Waals surface area (Å²) in [6, 6.07) is 0. The predicted octanol–water partition coefficient (Wildman–Crippen LogP) is -10.6. The van der Waals surface area contributed by atoms with Gasteiger partial charge in [0, 0.05) is 0 Å². The molecule has 0 spiro atoms. The van der Waals surface area contributed by atoms with E-state index in [1.165, 1.54) is 0 Å². The molecule has 5 heterocycles. The van der Waals surface area contributed by atoms with Gasteiger partial charge in [0.2, 0.25) is 0 Å². The maximum Gasteiger partial charge on any atom is 0.187 e. The molecule has 0 bridgehead atoms. The third-order valence-electron chi connectivity index (χ3n) is 10.9. The topological polar surface area (TPSA) is 416 Å². The molecule has 0 aromatic rings. The zero-order valence-electron chi connectivity index (χ0n) is 31.8. The maximum atomic E-state index is 11.8. The first-order chi connectivity index (χ1) is 28.5. The third-order valence-corrected chi connectivity index (χ3v) is 11.2. The summed E-state index contributed by atoms with van der Waals surface area (Å²) >= 11 is 4.14. The molecule has 5 aliphatic heterocycles. The van der Waals surface area contributed by atoms with Crippen LogP contribution in [0.3, 0.4) is 0 Å². The molecule has 5 rings (SSSR count). The van der Waals surface area contributed by atoms with Crippen molar-refractivity contribution in [3.63, 3.8) is 0 Å². The van der Waals surface area contributed by atoms with E-state index in [1.54, 1.807) is 0 Å². The van der Waals surface area contributed by atoms with Gasteiger partial charge in [0.05, 0.1) is 39.6 Å². The van der Waals surface area contributed by atoms with E-state index < -0.39 is 187 Å². The van der Waals surface area contributed by atoms with Crippen LogP contribution in [0.1, 0.15) is 6.42 Å². The van der Waals surface area contributed by atoms with E-state index in [4.69, 9.17) is 47.4 Å². The monoisotopic (exact) mass is 902 g/mol. The standard InChI is InChI=1S/C33H58O26S/c34-4-9-14(38)18(42)22(46)29(52-9)51-8-13-26(27(25(49)30(56-13)50-2-1-3-60)58-31-23(47)19(43)15(39)10(5-35)53-31)57-33-28(21(45)17(41)12(7-37)55-33)59-32-24(48)20(44)16(40)11(6-36)54-32/h9-49,60H,1-8H2/t9-,10-,11-,12-,13-,14-,15-,16-,17-,18+,19+,20+,21+,22-,23-,24-,25?,26+,27-,28-,29-,30+,31?,32-,33+/m1/s1. The minimum Gasteiger partial charge on any atom is -0.394 e. The van der Waals surface area contributed by atoms with E-state index in [2.05, 4.69) is 12.6 Å². The van der Waals surface area contributed by atoms with Crippen LogP contribution in [0.15, 0.2) is 0 Å². The molecule has 5 saturated heterocycles. The van der Waals surface area contributed by atoms with Crippen molar-refractivity contribution in [3.05, 3.63) is 0 Å². The van der Waals surface area contributed by atoms with Gasteiger partial charge in [0.15, 0.2) is 31.5 Å². The van der Waals surface area contributed by atoms with Gasteiger partial charge in [-0.2, -0.15) is 12.6 Å². The lowest BCUT2D eigenvalue weighted by molar-refractivity contribution is -0.404. The van der Waals surface area contributed by atoms with Crippen LogP contribution >= 0.6 is 12.6 Å². The Morgan fingerprint density at radius 3 is 1.18 bits per heavy atom. The first kappa shape index (κ1) is 50.3. The Hall–Kier alpha value is -0.690. The summed E-state index contributed by atoms with van der Waals surface area (Å²) < 4.78 is 57.7. The molecular weight excluding hydrogens is 844 g/mol. The Morgan fingerprint density at radius 1 is 0.350 bits per heavy atom. The van der Waals surface area contributed by atoms with Crippen molar-refractivity contribution in [2.24, 2.45) is 0 Å². The average molecular weight is 903 g/mol. The van der Waals surface area contributed by atoms with Crippen LogP contribution in [-0.4, -0.2) is 281 Å². The molecule has 26 nitrogen and oxygen atoms in total. The normalized spacial score (nSPS) is 50.5. The van der Waals surface area contributed by atoms with Crippen molar-refractivity contribution < 1.29 is 129 Å². The number of hydrogen-bond acceptors (Lipinski definition) is 27. The molecule has 27 heteroatoms. The van der Waals surface area contributed by atoms with Crippen LogP contribution in [0.5, 0.6) is 0 Å². The third kappa shape index (κ3) is 10.9. The SMILES string of the molecule is OC[C@H]1O[C@@H](OC[C@H]2O[C@H](OCCCS)C(O)[C@@H](OC3O[C@H](CO)[C@@H](O)[C@H](O)[C@H]3O)[C@H]2O[C@@H]2O[C@H](CO)[C@@H](O)[C@H](O)[C@H]2O[C@H]2O[C@H](CO)[C@@H](O)[C@H](O)[C@H]2O)[C@H](O)[C@@H](O)[C@@H]1O. The van der Waals surface area contributed by atoms with Gasteiger partial charge in [0.25, 0.3) is 0 Å². The number of rotatable bonds is 17. The van der Waals surface area contributed by atoms with Gasteiger partial charge in [-0.1, -0.05) is 0 Å². The Morgan fingerprint density at radius 2 is 0.717 bits per heavy atom. The minimum atomic E-state index is -2.09. The van der Waals surface area contributed by atoms with Crippen LogP contribution in [0.4, 0.5) is 0 Å². The molecule has 0 aliphatic carbocycles. The van der Waals surface area contributed by atoms with E-state index in [0.717, 1.165) is 0 Å². The lowest BCUT2D eigenvalue weighted by Crippen LogP contribution is -2.68. The molecule has 25 atom stereocenters. The Bertz CT molecular complexity index is 1280. The molecule has 0 saturated carbocycles. The first-order valence-corrected chi connectivity index (χ1v) is 19.8. The highest BCUT2D eigenvalue weighted by molar-refractivity contribution is 7.80. The maximum absolute atomic E-state index is 11.8. The zero-order valence-corrected chi connectivity index (χ0v) is 32.7. The number of hydrogen-bond donors (Lipinski definition) is 17. The van der Waals surface area contributed by atoms with Crippen LogP contribution < -0.4 is 0 Å². The summed E-state index contributed by atoms with van der Waals surface area (Å²) in [6.45, 7) is -4.43. The predicted molar refractivity (Wildman–Crippen MR) is 189 cm³/mol. The quantitative estimate of drug-likeness (QED) is 0.0476. The molecule has 2 unspecified atom stereocenters. The summed E-state index contributed by atoms with van der Waals surface area (Å²) in [5.74, 6) is 0.318. The van der Waals surface area contributed by atoms with Crippen LogP contribution in [0, 0.1) is 0 Å². The highest BCUT2D eigenvalue weighted by Gasteiger charge is 2.57. The fourth-order valence-electron chi connectivity index (χ4n) is 7.28. The molecule has 60 heavy (non-hydrogen) atoms. The molecule has 5 fully saturated rings. The van der Waals surface area contributed by atoms with Crippen molar-refractivity contribution in [3.8, 4) is 0 Å². The Labute approximate surface area is 346 Å². The van der Waals surface area contributed by atoms with E-state index in [-0.39, 0.29) is 6.61 Å². The van der Waals surface area contributed by atoms with Crippen molar-refractivity contribution in [1.82, 2.24) is 0 Å². The van der Waals surface area contributed by atoms with Crippen LogP contribution in [0.2, 0.25) is 0 Å². The molecule has 352 valence electrons. The lowest BCUT2D eigenvalue weighted by Gasteiger charge is -2.50. The zero-order chi connectivity index (χ0) is 44.2. The molecule has 0 aromatic carbocycles. The average Bonchev–Trinajstić information content (AvgIpc) is 3.24. The van der Waals surface area contributed by atoms with E-state index >= 15 is 0 Å². The Balaban J connectivity index is 1.53. The van der Waals surface area contributed by atoms with Crippen molar-refractivity contribution in [1.29, 1.82) is 0 Å². The summed E-state index contributed by atoms with van der Waals surface area (Å²) in [5.41, 5.74) is 0. The molecule has 0 aromatic heterocycles. The van der Waals surface area contributed by atoms with Gasteiger partial charge >= 0.3 is 0 Å². The molecule has 0 radical (unpaired) electrons. The van der Waals surface area contributed by atoms with Crippen molar-refractivity contribution >= 4 is 12.6 Å². The summed E-state index contributed by atoms with van der Waals surface area (Å²) in [5, 5.41) is 168. The van der Waals surface area contributed by atoms with Gasteiger partial charge in [-0.05, 0) is 12.2 Å². The second-order valence-electron chi connectivity index (χ2n) is 14.9. The van der Waals surface area contributed by atoms with Crippen molar-refractivity contribution in [2.45, 2.75) is 160 Å². The first-order valence-electron chi connectivity index (χ1n) is 19.2. The van der Waals surface area contributed by atoms with Crippen LogP contribution in [-0.2, 0) is 47.4 Å². The highest BCUT2D eigenvalue weighted by atomic mass is 32.1. The molecule has 0 amide bonds. The summed E-state index contributed by atoms with van der Waals surface area (Å²) in [6.07, 6.45) is -46.0. The lowest BCUT2D eigenvalue weighted by atomic mass is 9.95. The van der Waals surface area contributed by atoms with E-state index in [0.29, 0.717) is 12.2 Å². The molecule has 16 N–H and O–H groups in total. The largest absolute Gasteiger partial charge is 0.394 e. The summed E-state index contributed by atoms with van der Waals surface area (Å²) in [7, 11) is 0. The fraction of sp³-hybridized carbons (Fsp3) is 1.00. The second kappa shape index (κ2) is 22.5. The van der Waals surface area contributed by atoms with Gasteiger partial charge in [0.1, 0.15) is 122 Å². The number of aliphatic hydroxyl groups excluding tert-OH is 16. The Kier molecular flexibility index (Phi) is 18.8. The number of ether oxygens (including phenoxy) is 10. The van der Waals surface area contributed by atoms with Gasteiger partial charge in [-0.15, -0.1) is 0 Å². The van der Waals surface area contributed by atoms with Gasteiger partial charge < -0.3 is 129 Å². The molecule has 5 aliphatic rings. The smallest absolute Gasteiger partial charge is 0.187 e. The second-order valence-corrected chi connectivity index (χ2v) is 15.4. The van der Waals surface area contributed by atoms with Crippen LogP contribution in [0.25, 0.3) is 0 Å². The molecular formula is C33H58O26S. The van der Waals surface area contributed by atoms with Crippen molar-refractivity contribution in [2.75, 3.05) is 45.4 Å². The fourth-order valence-corrected chi connectivity index (χ4v) is 7.41. The summed E-state index contributed by atoms with van der Waals surface area (Å²) in [4.78, 5) is 0. The van der Waals surface area contributed by atoms with Gasteiger partial charge in [-0.3, -0.25) is 0 Å². The highest BCUT2D eigenvalue weighted by Crippen LogP contribution is 2.36. The number of thiol groups is 1. The van der Waals surface area contributed by atoms with E-state index in [9.17, 15) is 81.7 Å². The number of aliphatic hydroxyl groups is 16.